The van der Waals surface area contributed by atoms with Crippen molar-refractivity contribution in [2.45, 2.75) is 32.2 Å². The monoisotopic (exact) mass is 245 g/mol. The van der Waals surface area contributed by atoms with Gasteiger partial charge in [-0.1, -0.05) is 0 Å². The first kappa shape index (κ1) is 15.9. The molecule has 0 aromatic heterocycles. The quantitative estimate of drug-likeness (QED) is 0.498. The van der Waals surface area contributed by atoms with E-state index in [9.17, 15) is 9.59 Å². The number of unbranched alkanes of at least 4 members (excludes halogenated alkanes) is 1. The van der Waals surface area contributed by atoms with Crippen LogP contribution in [0.5, 0.6) is 0 Å². The number of likely N-dealkylation sites (N-methyl/N-ethyl adjacent to an activating group) is 1. The number of carbonyl (C=O) groups is 2. The molecule has 6 nitrogen and oxygen atoms in total. The molecule has 0 aromatic rings. The van der Waals surface area contributed by atoms with Crippen molar-refractivity contribution < 1.29 is 14.3 Å². The summed E-state index contributed by atoms with van der Waals surface area (Å²) in [6.45, 7) is 2.69. The van der Waals surface area contributed by atoms with E-state index in [1.165, 1.54) is 0 Å². The lowest BCUT2D eigenvalue weighted by Crippen LogP contribution is -2.32. The van der Waals surface area contributed by atoms with Crippen LogP contribution >= 0.6 is 0 Å². The van der Waals surface area contributed by atoms with Gasteiger partial charge in [-0.05, 0) is 33.2 Å². The fraction of sp³-hybridized carbons (Fsp3) is 0.818. The summed E-state index contributed by atoms with van der Waals surface area (Å²) in [7, 11) is 1.77. The van der Waals surface area contributed by atoms with Gasteiger partial charge in [0.2, 0.25) is 0 Å². The highest BCUT2D eigenvalue weighted by molar-refractivity contribution is 5.81. The third kappa shape index (κ3) is 8.65. The van der Waals surface area contributed by atoms with Gasteiger partial charge in [0.25, 0.3) is 0 Å². The molecule has 1 amide bonds. The molecule has 0 rings (SSSR count). The molecular formula is C11H23N3O3. The van der Waals surface area contributed by atoms with E-state index in [-0.39, 0.29) is 18.4 Å². The normalized spacial score (nSPS) is 11.9. The van der Waals surface area contributed by atoms with Crippen LogP contribution in [-0.2, 0) is 9.53 Å². The van der Waals surface area contributed by atoms with E-state index in [1.807, 2.05) is 0 Å². The van der Waals surface area contributed by atoms with Gasteiger partial charge in [0, 0.05) is 13.1 Å². The summed E-state index contributed by atoms with van der Waals surface area (Å²) in [5.74, 6) is 0.141. The zero-order valence-electron chi connectivity index (χ0n) is 10.6. The van der Waals surface area contributed by atoms with Crippen LogP contribution in [-0.4, -0.2) is 44.7 Å². The van der Waals surface area contributed by atoms with Gasteiger partial charge in [0.05, 0.1) is 6.04 Å². The lowest BCUT2D eigenvalue weighted by molar-refractivity contribution is -0.119. The smallest absolute Gasteiger partial charge is 0.407 e. The second kappa shape index (κ2) is 10.0. The van der Waals surface area contributed by atoms with E-state index in [2.05, 4.69) is 10.6 Å². The molecule has 6 heteroatoms. The highest BCUT2D eigenvalue weighted by Crippen LogP contribution is 2.01. The number of alkyl carbamates (subject to hydrolysis) is 1. The Hall–Kier alpha value is -1.14. The maximum atomic E-state index is 11.1. The number of amides is 1. The Morgan fingerprint density at radius 1 is 1.35 bits per heavy atom. The zero-order valence-corrected chi connectivity index (χ0v) is 10.6. The minimum atomic E-state index is -0.438. The van der Waals surface area contributed by atoms with Gasteiger partial charge < -0.3 is 21.1 Å². The van der Waals surface area contributed by atoms with Crippen molar-refractivity contribution in [3.8, 4) is 0 Å². The molecule has 0 heterocycles. The summed E-state index contributed by atoms with van der Waals surface area (Å²) >= 11 is 0. The number of Topliss-reactive ketones (excluding diaryl/α,β-unsaturated/α-hetero) is 1. The summed E-state index contributed by atoms with van der Waals surface area (Å²) < 4.78 is 4.74. The fourth-order valence-electron chi connectivity index (χ4n) is 1.42. The van der Waals surface area contributed by atoms with Crippen LogP contribution in [0.3, 0.4) is 0 Å². The van der Waals surface area contributed by atoms with Gasteiger partial charge >= 0.3 is 6.09 Å². The van der Waals surface area contributed by atoms with E-state index < -0.39 is 6.09 Å². The Morgan fingerprint density at radius 3 is 2.59 bits per heavy atom. The maximum Gasteiger partial charge on any atom is 0.407 e. The van der Waals surface area contributed by atoms with Crippen molar-refractivity contribution in [2.75, 3.05) is 26.7 Å². The third-order valence-electron chi connectivity index (χ3n) is 2.38. The average molecular weight is 245 g/mol. The average Bonchev–Trinajstić information content (AvgIpc) is 2.30. The van der Waals surface area contributed by atoms with Crippen molar-refractivity contribution >= 4 is 11.9 Å². The molecule has 1 unspecified atom stereocenters. The first-order valence-electron chi connectivity index (χ1n) is 5.90. The van der Waals surface area contributed by atoms with E-state index in [0.29, 0.717) is 13.1 Å². The summed E-state index contributed by atoms with van der Waals surface area (Å²) in [6.07, 6.45) is 2.05. The van der Waals surface area contributed by atoms with Crippen molar-refractivity contribution in [2.24, 2.45) is 5.73 Å². The number of ether oxygens (including phenoxy) is 1. The van der Waals surface area contributed by atoms with Crippen LogP contribution in [0.1, 0.15) is 26.2 Å². The molecule has 0 bridgehead atoms. The number of nitrogens with two attached hydrogens (primary N) is 1. The van der Waals surface area contributed by atoms with Crippen molar-refractivity contribution in [1.29, 1.82) is 0 Å². The third-order valence-corrected chi connectivity index (χ3v) is 2.38. The van der Waals surface area contributed by atoms with Crippen molar-refractivity contribution in [3.63, 3.8) is 0 Å². The fourth-order valence-corrected chi connectivity index (χ4v) is 1.42. The molecule has 0 aromatic carbocycles. The van der Waals surface area contributed by atoms with Crippen LogP contribution in [0.2, 0.25) is 0 Å². The van der Waals surface area contributed by atoms with Crippen LogP contribution in [0, 0.1) is 0 Å². The molecule has 0 radical (unpaired) electrons. The van der Waals surface area contributed by atoms with Gasteiger partial charge in [0.1, 0.15) is 12.4 Å². The highest BCUT2D eigenvalue weighted by atomic mass is 16.5. The first-order chi connectivity index (χ1) is 8.11. The van der Waals surface area contributed by atoms with Gasteiger partial charge in [-0.25, -0.2) is 4.79 Å². The lowest BCUT2D eigenvalue weighted by atomic mass is 10.1. The molecule has 100 valence electrons. The molecule has 0 spiro atoms. The molecule has 0 aliphatic rings. The van der Waals surface area contributed by atoms with Gasteiger partial charge in [-0.3, -0.25) is 4.79 Å². The van der Waals surface area contributed by atoms with E-state index in [4.69, 9.17) is 10.5 Å². The Labute approximate surface area is 102 Å². The van der Waals surface area contributed by atoms with Crippen LogP contribution in [0.4, 0.5) is 4.79 Å². The van der Waals surface area contributed by atoms with Crippen molar-refractivity contribution in [1.82, 2.24) is 10.6 Å². The first-order valence-corrected chi connectivity index (χ1v) is 5.90. The van der Waals surface area contributed by atoms with Gasteiger partial charge in [-0.15, -0.1) is 0 Å². The number of nitrogens with one attached hydrogen (secondary N) is 2. The molecule has 0 aliphatic heterocycles. The van der Waals surface area contributed by atoms with E-state index in [0.717, 1.165) is 19.3 Å². The number of ketones is 1. The topological polar surface area (TPSA) is 93.4 Å². The number of hydrogen-bond acceptors (Lipinski definition) is 5. The Bertz CT molecular complexity index is 234. The lowest BCUT2D eigenvalue weighted by Gasteiger charge is -2.12. The number of carbonyl (C=O) groups excluding carboxylic acids is 2. The summed E-state index contributed by atoms with van der Waals surface area (Å²) in [5.41, 5.74) is 5.19. The molecule has 4 N–H and O–H groups in total. The molecule has 0 aliphatic carbocycles. The predicted molar refractivity (Wildman–Crippen MR) is 65.8 cm³/mol. The predicted octanol–water partition coefficient (Wildman–Crippen LogP) is 0.0186. The minimum Gasteiger partial charge on any atom is -0.448 e. The molecule has 0 fully saturated rings. The van der Waals surface area contributed by atoms with Gasteiger partial charge in [-0.2, -0.15) is 0 Å². The van der Waals surface area contributed by atoms with E-state index >= 15 is 0 Å². The van der Waals surface area contributed by atoms with Crippen LogP contribution in [0.25, 0.3) is 0 Å². The highest BCUT2D eigenvalue weighted by Gasteiger charge is 2.10. The Kier molecular flexibility index (Phi) is 9.37. The minimum absolute atomic E-state index is 0.0841. The summed E-state index contributed by atoms with van der Waals surface area (Å²) in [5, 5.41) is 5.57. The second-order valence-corrected chi connectivity index (χ2v) is 3.80. The summed E-state index contributed by atoms with van der Waals surface area (Å²) in [4.78, 5) is 22.1. The molecule has 17 heavy (non-hydrogen) atoms. The largest absolute Gasteiger partial charge is 0.448 e. The van der Waals surface area contributed by atoms with Crippen molar-refractivity contribution in [3.05, 3.63) is 0 Å². The number of hydrogen-bond donors (Lipinski definition) is 3. The van der Waals surface area contributed by atoms with Gasteiger partial charge in [0.15, 0.2) is 0 Å². The Morgan fingerprint density at radius 2 is 2.06 bits per heavy atom. The van der Waals surface area contributed by atoms with E-state index in [1.54, 1.807) is 14.0 Å². The summed E-state index contributed by atoms with van der Waals surface area (Å²) in [6, 6.07) is -0.0841. The second-order valence-electron chi connectivity index (χ2n) is 3.80. The molecule has 0 saturated carbocycles. The number of rotatable bonds is 9. The zero-order chi connectivity index (χ0) is 13.1. The molecular weight excluding hydrogens is 222 g/mol. The van der Waals surface area contributed by atoms with Crippen LogP contribution in [0.15, 0.2) is 0 Å². The maximum absolute atomic E-state index is 11.1. The SMILES string of the molecule is CNC(CCCCNC(=O)OCCN)C(C)=O. The molecule has 0 saturated heterocycles. The standard InChI is InChI=1S/C11H23N3O3/c1-9(15)10(13-2)5-3-4-7-14-11(16)17-8-6-12/h10,13H,3-8,12H2,1-2H3,(H,14,16). The Balaban J connectivity index is 3.45. The van der Waals surface area contributed by atoms with Crippen LogP contribution < -0.4 is 16.4 Å². The molecule has 1 atom stereocenters.